The summed E-state index contributed by atoms with van der Waals surface area (Å²) in [5.41, 5.74) is 2.20. The number of hydrogen-bond donors (Lipinski definition) is 0. The molecule has 1 aliphatic heterocycles. The molecule has 0 aliphatic carbocycles. The zero-order valence-corrected chi connectivity index (χ0v) is 11.4. The standard InChI is InChI=1S/C14H16N2O2S/c17-19(18)8-6-16(7-9-19)11-12-3-4-14-13(10-12)2-1-5-15-14/h1-5,10H,6-9,11H2. The summed E-state index contributed by atoms with van der Waals surface area (Å²) in [5, 5.41) is 1.13. The number of pyridine rings is 1. The van der Waals surface area contributed by atoms with E-state index >= 15 is 0 Å². The van der Waals surface area contributed by atoms with Gasteiger partial charge in [-0.15, -0.1) is 0 Å². The molecule has 0 unspecified atom stereocenters. The van der Waals surface area contributed by atoms with E-state index in [1.807, 2.05) is 18.2 Å². The Morgan fingerprint density at radius 1 is 1.16 bits per heavy atom. The van der Waals surface area contributed by atoms with Crippen LogP contribution in [0, 0.1) is 0 Å². The molecule has 0 atom stereocenters. The van der Waals surface area contributed by atoms with Crippen molar-refractivity contribution in [3.63, 3.8) is 0 Å². The first-order valence-corrected chi connectivity index (χ1v) is 8.21. The molecule has 1 aromatic heterocycles. The van der Waals surface area contributed by atoms with E-state index in [1.165, 1.54) is 5.56 Å². The van der Waals surface area contributed by atoms with Gasteiger partial charge in [-0.05, 0) is 23.8 Å². The highest BCUT2D eigenvalue weighted by Crippen LogP contribution is 2.16. The molecule has 2 heterocycles. The SMILES string of the molecule is O=S1(=O)CCN(Cc2ccc3ncccc3c2)CC1. The largest absolute Gasteiger partial charge is 0.297 e. The maximum Gasteiger partial charge on any atom is 0.152 e. The molecule has 4 nitrogen and oxygen atoms in total. The van der Waals surface area contributed by atoms with Crippen molar-refractivity contribution in [2.45, 2.75) is 6.54 Å². The molecule has 2 aromatic rings. The van der Waals surface area contributed by atoms with E-state index < -0.39 is 9.84 Å². The minimum atomic E-state index is -2.79. The van der Waals surface area contributed by atoms with Gasteiger partial charge >= 0.3 is 0 Å². The lowest BCUT2D eigenvalue weighted by molar-refractivity contribution is 0.288. The fourth-order valence-electron chi connectivity index (χ4n) is 2.39. The summed E-state index contributed by atoms with van der Waals surface area (Å²) < 4.78 is 22.8. The Balaban J connectivity index is 1.75. The van der Waals surface area contributed by atoms with E-state index in [2.05, 4.69) is 22.0 Å². The van der Waals surface area contributed by atoms with Gasteiger partial charge < -0.3 is 0 Å². The highest BCUT2D eigenvalue weighted by atomic mass is 32.2. The van der Waals surface area contributed by atoms with Gasteiger partial charge in [0.1, 0.15) is 0 Å². The molecule has 0 saturated carbocycles. The Morgan fingerprint density at radius 2 is 1.95 bits per heavy atom. The Bertz CT molecular complexity index is 683. The van der Waals surface area contributed by atoms with Gasteiger partial charge in [0.15, 0.2) is 9.84 Å². The van der Waals surface area contributed by atoms with Gasteiger partial charge in [0.25, 0.3) is 0 Å². The Labute approximate surface area is 113 Å². The van der Waals surface area contributed by atoms with E-state index in [0.29, 0.717) is 13.1 Å². The van der Waals surface area contributed by atoms with Crippen molar-refractivity contribution in [2.24, 2.45) is 0 Å². The maximum absolute atomic E-state index is 11.4. The number of benzene rings is 1. The van der Waals surface area contributed by atoms with Crippen molar-refractivity contribution in [3.05, 3.63) is 42.1 Å². The molecule has 1 aliphatic rings. The van der Waals surface area contributed by atoms with E-state index in [4.69, 9.17) is 0 Å². The average Bonchev–Trinajstić information content (AvgIpc) is 2.41. The lowest BCUT2D eigenvalue weighted by Gasteiger charge is -2.26. The second-order valence-electron chi connectivity index (χ2n) is 4.96. The molecule has 1 aromatic carbocycles. The Morgan fingerprint density at radius 3 is 2.74 bits per heavy atom. The van der Waals surface area contributed by atoms with Crippen LogP contribution < -0.4 is 0 Å². The van der Waals surface area contributed by atoms with Gasteiger partial charge in [-0.3, -0.25) is 9.88 Å². The van der Waals surface area contributed by atoms with Gasteiger partial charge in [0.05, 0.1) is 17.0 Å². The fourth-order valence-corrected chi connectivity index (χ4v) is 3.67. The minimum Gasteiger partial charge on any atom is -0.297 e. The van der Waals surface area contributed by atoms with Gasteiger partial charge in [-0.25, -0.2) is 8.42 Å². The highest BCUT2D eigenvalue weighted by Gasteiger charge is 2.21. The molecular formula is C14H16N2O2S. The lowest BCUT2D eigenvalue weighted by Crippen LogP contribution is -2.39. The number of rotatable bonds is 2. The van der Waals surface area contributed by atoms with E-state index in [9.17, 15) is 8.42 Å². The normalized spacial score (nSPS) is 19.6. The summed E-state index contributed by atoms with van der Waals surface area (Å²) in [4.78, 5) is 6.49. The monoisotopic (exact) mass is 276 g/mol. The molecule has 0 spiro atoms. The molecule has 3 rings (SSSR count). The molecule has 100 valence electrons. The lowest BCUT2D eigenvalue weighted by atomic mass is 10.1. The summed E-state index contributed by atoms with van der Waals surface area (Å²) in [6.45, 7) is 2.07. The molecule has 19 heavy (non-hydrogen) atoms. The Hall–Kier alpha value is -1.46. The van der Waals surface area contributed by atoms with Crippen LogP contribution in [0.2, 0.25) is 0 Å². The topological polar surface area (TPSA) is 50.3 Å². The fraction of sp³-hybridized carbons (Fsp3) is 0.357. The second-order valence-corrected chi connectivity index (χ2v) is 7.26. The molecular weight excluding hydrogens is 260 g/mol. The van der Waals surface area contributed by atoms with Crippen LogP contribution in [-0.4, -0.2) is 42.9 Å². The third-order valence-electron chi connectivity index (χ3n) is 3.51. The summed E-state index contributed by atoms with van der Waals surface area (Å²) in [6, 6.07) is 10.2. The van der Waals surface area contributed by atoms with Gasteiger partial charge in [0.2, 0.25) is 0 Å². The van der Waals surface area contributed by atoms with E-state index in [1.54, 1.807) is 6.20 Å². The van der Waals surface area contributed by atoms with Crippen LogP contribution in [0.25, 0.3) is 10.9 Å². The minimum absolute atomic E-state index is 0.280. The first-order chi connectivity index (χ1) is 9.12. The second kappa shape index (κ2) is 4.90. The van der Waals surface area contributed by atoms with Gasteiger partial charge in [-0.2, -0.15) is 0 Å². The molecule has 0 radical (unpaired) electrons. The zero-order valence-electron chi connectivity index (χ0n) is 10.6. The van der Waals surface area contributed by atoms with Crippen molar-refractivity contribution < 1.29 is 8.42 Å². The van der Waals surface area contributed by atoms with Crippen LogP contribution in [0.4, 0.5) is 0 Å². The van der Waals surface area contributed by atoms with Crippen LogP contribution in [0.15, 0.2) is 36.5 Å². The van der Waals surface area contributed by atoms with Crippen molar-refractivity contribution in [2.75, 3.05) is 24.6 Å². The predicted molar refractivity (Wildman–Crippen MR) is 75.7 cm³/mol. The van der Waals surface area contributed by atoms with Crippen molar-refractivity contribution >= 4 is 20.7 Å². The van der Waals surface area contributed by atoms with Gasteiger partial charge in [-0.1, -0.05) is 12.1 Å². The molecule has 0 bridgehead atoms. The van der Waals surface area contributed by atoms with E-state index in [-0.39, 0.29) is 11.5 Å². The van der Waals surface area contributed by atoms with Crippen LogP contribution in [0.3, 0.4) is 0 Å². The number of aromatic nitrogens is 1. The summed E-state index contributed by atoms with van der Waals surface area (Å²) in [7, 11) is -2.79. The maximum atomic E-state index is 11.4. The predicted octanol–water partition coefficient (Wildman–Crippen LogP) is 1.47. The number of hydrogen-bond acceptors (Lipinski definition) is 4. The smallest absolute Gasteiger partial charge is 0.152 e. The van der Waals surface area contributed by atoms with Gasteiger partial charge in [0, 0.05) is 31.2 Å². The van der Waals surface area contributed by atoms with Crippen molar-refractivity contribution in [3.8, 4) is 0 Å². The summed E-state index contributed by atoms with van der Waals surface area (Å²) in [5.74, 6) is 0.560. The third kappa shape index (κ3) is 2.93. The number of nitrogens with zero attached hydrogens (tertiary/aromatic N) is 2. The third-order valence-corrected chi connectivity index (χ3v) is 5.12. The quantitative estimate of drug-likeness (QED) is 0.833. The van der Waals surface area contributed by atoms with Crippen molar-refractivity contribution in [1.29, 1.82) is 0 Å². The number of fused-ring (bicyclic) bond motifs is 1. The summed E-state index contributed by atoms with van der Waals surface area (Å²) >= 11 is 0. The molecule has 5 heteroatoms. The molecule has 0 N–H and O–H groups in total. The van der Waals surface area contributed by atoms with Crippen LogP contribution in [0.1, 0.15) is 5.56 Å². The van der Waals surface area contributed by atoms with Crippen LogP contribution in [-0.2, 0) is 16.4 Å². The number of sulfone groups is 1. The summed E-state index contributed by atoms with van der Waals surface area (Å²) in [6.07, 6.45) is 1.79. The Kier molecular flexibility index (Phi) is 3.24. The molecule has 1 saturated heterocycles. The van der Waals surface area contributed by atoms with E-state index in [0.717, 1.165) is 17.4 Å². The van der Waals surface area contributed by atoms with Crippen molar-refractivity contribution in [1.82, 2.24) is 9.88 Å². The van der Waals surface area contributed by atoms with Crippen LogP contribution in [0.5, 0.6) is 0 Å². The molecule has 0 amide bonds. The highest BCUT2D eigenvalue weighted by molar-refractivity contribution is 7.91. The molecule has 1 fully saturated rings. The van der Waals surface area contributed by atoms with Crippen LogP contribution >= 0.6 is 0 Å². The average molecular weight is 276 g/mol. The first-order valence-electron chi connectivity index (χ1n) is 6.39. The first kappa shape index (κ1) is 12.6. The zero-order chi connectivity index (χ0) is 13.3.